The number of nitrogens with one attached hydrogen (secondary N) is 1. The van der Waals surface area contributed by atoms with Crippen molar-refractivity contribution in [3.63, 3.8) is 0 Å². The second-order valence-corrected chi connectivity index (χ2v) is 5.33. The van der Waals surface area contributed by atoms with Crippen molar-refractivity contribution in [3.8, 4) is 0 Å². The minimum absolute atomic E-state index is 0.127. The fourth-order valence-corrected chi connectivity index (χ4v) is 1.94. The summed E-state index contributed by atoms with van der Waals surface area (Å²) in [6, 6.07) is 0.385. The van der Waals surface area contributed by atoms with Gasteiger partial charge in [-0.25, -0.2) is 0 Å². The number of hydrogen-bond donors (Lipinski definition) is 1. The molecule has 17 heavy (non-hydrogen) atoms. The quantitative estimate of drug-likeness (QED) is 0.789. The van der Waals surface area contributed by atoms with Crippen molar-refractivity contribution >= 4 is 5.91 Å². The molecule has 0 saturated carbocycles. The first-order valence-electron chi connectivity index (χ1n) is 6.64. The van der Waals surface area contributed by atoms with Gasteiger partial charge in [-0.15, -0.1) is 0 Å². The number of hydrogen-bond acceptors (Lipinski definition) is 3. The summed E-state index contributed by atoms with van der Waals surface area (Å²) in [4.78, 5) is 14.0. The van der Waals surface area contributed by atoms with Crippen molar-refractivity contribution in [1.29, 1.82) is 0 Å². The first-order valence-corrected chi connectivity index (χ1v) is 6.64. The van der Waals surface area contributed by atoms with E-state index in [1.54, 1.807) is 0 Å². The van der Waals surface area contributed by atoms with Crippen molar-refractivity contribution in [2.24, 2.45) is 5.92 Å². The summed E-state index contributed by atoms with van der Waals surface area (Å²) in [6.45, 7) is 11.4. The molecule has 100 valence electrons. The number of carbonyl (C=O) groups is 1. The van der Waals surface area contributed by atoms with Crippen molar-refractivity contribution in [3.05, 3.63) is 0 Å². The van der Waals surface area contributed by atoms with Crippen LogP contribution in [-0.2, 0) is 9.53 Å². The molecule has 0 radical (unpaired) electrons. The van der Waals surface area contributed by atoms with Gasteiger partial charge in [0.25, 0.3) is 5.91 Å². The van der Waals surface area contributed by atoms with Gasteiger partial charge in [0.2, 0.25) is 0 Å². The predicted octanol–water partition coefficient (Wildman–Crippen LogP) is 1.26. The average Bonchev–Trinajstić information content (AvgIpc) is 2.27. The van der Waals surface area contributed by atoms with Gasteiger partial charge in [0.15, 0.2) is 0 Å². The molecule has 0 aromatic carbocycles. The fraction of sp³-hybridized carbons (Fsp3) is 0.923. The maximum Gasteiger partial charge on any atom is 0.251 e. The lowest BCUT2D eigenvalue weighted by molar-refractivity contribution is -0.144. The van der Waals surface area contributed by atoms with Gasteiger partial charge in [-0.05, 0) is 26.2 Å². The zero-order valence-electron chi connectivity index (χ0n) is 11.5. The first kappa shape index (κ1) is 14.5. The average molecular weight is 242 g/mol. The monoisotopic (exact) mass is 242 g/mol. The van der Waals surface area contributed by atoms with Crippen LogP contribution in [0.1, 0.15) is 34.1 Å². The molecular weight excluding hydrogens is 216 g/mol. The molecule has 1 amide bonds. The molecule has 0 bridgehead atoms. The van der Waals surface area contributed by atoms with Crippen LogP contribution in [0.25, 0.3) is 0 Å². The first-order chi connectivity index (χ1) is 8.00. The van der Waals surface area contributed by atoms with Crippen LogP contribution in [-0.4, -0.2) is 49.2 Å². The molecule has 1 saturated heterocycles. The molecule has 0 aromatic heterocycles. The molecule has 1 rings (SSSR count). The van der Waals surface area contributed by atoms with Crippen LogP contribution in [0.2, 0.25) is 0 Å². The molecule has 1 heterocycles. The maximum absolute atomic E-state index is 12.1. The highest BCUT2D eigenvalue weighted by Crippen LogP contribution is 2.06. The van der Waals surface area contributed by atoms with Gasteiger partial charge in [0.1, 0.15) is 6.10 Å². The van der Waals surface area contributed by atoms with E-state index in [2.05, 4.69) is 26.1 Å². The predicted molar refractivity (Wildman–Crippen MR) is 68.9 cm³/mol. The Kier molecular flexibility index (Phi) is 5.92. The van der Waals surface area contributed by atoms with Crippen LogP contribution < -0.4 is 5.32 Å². The number of amides is 1. The summed E-state index contributed by atoms with van der Waals surface area (Å²) in [7, 11) is 0. The van der Waals surface area contributed by atoms with E-state index >= 15 is 0 Å². The zero-order chi connectivity index (χ0) is 12.8. The van der Waals surface area contributed by atoms with Gasteiger partial charge in [-0.3, -0.25) is 4.79 Å². The lowest BCUT2D eigenvalue weighted by Crippen LogP contribution is -2.53. The number of rotatable bonds is 5. The van der Waals surface area contributed by atoms with Crippen LogP contribution in [0.15, 0.2) is 0 Å². The second kappa shape index (κ2) is 6.97. The largest absolute Gasteiger partial charge is 0.369 e. The van der Waals surface area contributed by atoms with Gasteiger partial charge < -0.3 is 15.0 Å². The molecule has 1 fully saturated rings. The molecule has 4 heteroatoms. The van der Waals surface area contributed by atoms with E-state index in [1.165, 1.54) is 0 Å². The molecule has 0 spiro atoms. The summed E-state index contributed by atoms with van der Waals surface area (Å²) in [5, 5.41) is 3.33. The Hall–Kier alpha value is -0.610. The summed E-state index contributed by atoms with van der Waals surface area (Å²) in [6.07, 6.45) is 0.703. The van der Waals surface area contributed by atoms with E-state index in [9.17, 15) is 4.79 Å². The highest BCUT2D eigenvalue weighted by atomic mass is 16.5. The topological polar surface area (TPSA) is 41.6 Å². The molecular formula is C13H26N2O2. The summed E-state index contributed by atoms with van der Waals surface area (Å²) in [5.74, 6) is 0.749. The number of ether oxygens (including phenoxy) is 1. The van der Waals surface area contributed by atoms with E-state index < -0.39 is 0 Å². The lowest BCUT2D eigenvalue weighted by Gasteiger charge is -2.33. The Morgan fingerprint density at radius 2 is 2.18 bits per heavy atom. The van der Waals surface area contributed by atoms with E-state index in [0.717, 1.165) is 26.1 Å². The van der Waals surface area contributed by atoms with Crippen LogP contribution in [0.5, 0.6) is 0 Å². The molecule has 1 aliphatic rings. The van der Waals surface area contributed by atoms with Crippen molar-refractivity contribution in [2.75, 3.05) is 26.2 Å². The van der Waals surface area contributed by atoms with E-state index in [4.69, 9.17) is 4.74 Å². The van der Waals surface area contributed by atoms with Gasteiger partial charge in [-0.1, -0.05) is 13.8 Å². The lowest BCUT2D eigenvalue weighted by atomic mass is 10.1. The smallest absolute Gasteiger partial charge is 0.251 e. The van der Waals surface area contributed by atoms with E-state index in [-0.39, 0.29) is 12.0 Å². The maximum atomic E-state index is 12.1. The van der Waals surface area contributed by atoms with Crippen LogP contribution >= 0.6 is 0 Å². The molecule has 4 nitrogen and oxygen atoms in total. The molecule has 0 aliphatic carbocycles. The minimum atomic E-state index is -0.306. The highest BCUT2D eigenvalue weighted by Gasteiger charge is 2.24. The molecule has 2 unspecified atom stereocenters. The highest BCUT2D eigenvalue weighted by molar-refractivity contribution is 5.80. The molecule has 0 aromatic rings. The third-order valence-electron chi connectivity index (χ3n) is 3.09. The molecule has 1 aliphatic heterocycles. The number of nitrogens with zero attached hydrogens (tertiary/aromatic N) is 1. The minimum Gasteiger partial charge on any atom is -0.369 e. The molecule has 2 atom stereocenters. The van der Waals surface area contributed by atoms with Gasteiger partial charge in [0, 0.05) is 32.3 Å². The molecule has 1 N–H and O–H groups in total. The number of carbonyl (C=O) groups excluding carboxylic acids is 1. The van der Waals surface area contributed by atoms with Gasteiger partial charge in [0.05, 0.1) is 0 Å². The van der Waals surface area contributed by atoms with Crippen molar-refractivity contribution in [1.82, 2.24) is 10.2 Å². The van der Waals surface area contributed by atoms with Crippen molar-refractivity contribution in [2.45, 2.75) is 46.3 Å². The normalized spacial score (nSPS) is 22.9. The number of piperazine rings is 1. The fourth-order valence-electron chi connectivity index (χ4n) is 1.94. The van der Waals surface area contributed by atoms with Crippen molar-refractivity contribution < 1.29 is 9.53 Å². The van der Waals surface area contributed by atoms with E-state index in [1.807, 2.05) is 11.8 Å². The Bertz CT molecular complexity index is 244. The SMILES string of the molecule is CC(C)CCOC(C)C(=O)N1CCNC(C)C1. The standard InChI is InChI=1S/C13H26N2O2/c1-10(2)5-8-17-12(4)13(16)15-7-6-14-11(3)9-15/h10-12,14H,5-9H2,1-4H3. The second-order valence-electron chi connectivity index (χ2n) is 5.33. The Morgan fingerprint density at radius 1 is 1.47 bits per heavy atom. The Morgan fingerprint density at radius 3 is 2.76 bits per heavy atom. The third-order valence-corrected chi connectivity index (χ3v) is 3.09. The van der Waals surface area contributed by atoms with Gasteiger partial charge in [-0.2, -0.15) is 0 Å². The van der Waals surface area contributed by atoms with E-state index in [0.29, 0.717) is 18.6 Å². The van der Waals surface area contributed by atoms with Crippen LogP contribution in [0, 0.1) is 5.92 Å². The summed E-state index contributed by atoms with van der Waals surface area (Å²) < 4.78 is 5.59. The van der Waals surface area contributed by atoms with Crippen LogP contribution in [0.4, 0.5) is 0 Å². The summed E-state index contributed by atoms with van der Waals surface area (Å²) in [5.41, 5.74) is 0. The summed E-state index contributed by atoms with van der Waals surface area (Å²) >= 11 is 0. The Labute approximate surface area is 105 Å². The third kappa shape index (κ3) is 5.04. The zero-order valence-corrected chi connectivity index (χ0v) is 11.5. The van der Waals surface area contributed by atoms with Gasteiger partial charge >= 0.3 is 0 Å². The Balaban J connectivity index is 2.30. The van der Waals surface area contributed by atoms with Crippen LogP contribution in [0.3, 0.4) is 0 Å².